The van der Waals surface area contributed by atoms with E-state index >= 15 is 0 Å². The van der Waals surface area contributed by atoms with Crippen molar-refractivity contribution in [2.45, 2.75) is 11.8 Å². The Bertz CT molecular complexity index is 590. The fourth-order valence-electron chi connectivity index (χ4n) is 1.63. The number of phenols is 2. The summed E-state index contributed by atoms with van der Waals surface area (Å²) in [7, 11) is -1.07. The van der Waals surface area contributed by atoms with Gasteiger partial charge in [-0.1, -0.05) is 0 Å². The maximum Gasteiger partial charge on any atom is 0.129 e. The van der Waals surface area contributed by atoms with Gasteiger partial charge in [-0.15, -0.1) is 0 Å². The van der Waals surface area contributed by atoms with E-state index in [1.54, 1.807) is 37.4 Å². The van der Waals surface area contributed by atoms with E-state index in [1.165, 1.54) is 0 Å². The molecule has 0 radical (unpaired) electrons. The molecule has 0 spiro atoms. The van der Waals surface area contributed by atoms with Gasteiger partial charge in [0, 0.05) is 32.9 Å². The lowest BCUT2D eigenvalue weighted by Crippen LogP contribution is -1.88. The van der Waals surface area contributed by atoms with Crippen molar-refractivity contribution in [3.8, 4) is 11.5 Å². The van der Waals surface area contributed by atoms with Crippen molar-refractivity contribution < 1.29 is 14.4 Å². The second-order valence-electron chi connectivity index (χ2n) is 3.71. The third kappa shape index (κ3) is 1.65. The third-order valence-corrected chi connectivity index (χ3v) is 3.56. The fourth-order valence-corrected chi connectivity index (χ4v) is 2.19. The molecule has 1 unspecified atom stereocenters. The van der Waals surface area contributed by atoms with Gasteiger partial charge in [-0.3, -0.25) is 4.21 Å². The molecule has 0 saturated carbocycles. The van der Waals surface area contributed by atoms with E-state index in [1.807, 2.05) is 0 Å². The fraction of sp³-hybridized carbons (Fsp3) is 0.167. The molecule has 0 saturated heterocycles. The number of benzene rings is 2. The zero-order chi connectivity index (χ0) is 11.9. The summed E-state index contributed by atoms with van der Waals surface area (Å²) in [5.74, 6) is 0.118. The van der Waals surface area contributed by atoms with Crippen molar-refractivity contribution in [1.82, 2.24) is 0 Å². The van der Waals surface area contributed by atoms with Crippen molar-refractivity contribution in [1.29, 1.82) is 0 Å². The molecule has 2 aromatic carbocycles. The average molecular weight is 236 g/mol. The Morgan fingerprint density at radius 3 is 2.50 bits per heavy atom. The van der Waals surface area contributed by atoms with Crippen LogP contribution in [0.3, 0.4) is 0 Å². The average Bonchev–Trinajstić information content (AvgIpc) is 2.25. The van der Waals surface area contributed by atoms with Crippen LogP contribution < -0.4 is 0 Å². The molecule has 2 aromatic rings. The summed E-state index contributed by atoms with van der Waals surface area (Å²) in [5.41, 5.74) is 0.456. The normalized spacial score (nSPS) is 12.9. The highest BCUT2D eigenvalue weighted by molar-refractivity contribution is 7.84. The minimum Gasteiger partial charge on any atom is -0.508 e. The molecular formula is C12H12O3S. The van der Waals surface area contributed by atoms with Gasteiger partial charge in [0.25, 0.3) is 0 Å². The van der Waals surface area contributed by atoms with Gasteiger partial charge in [0.2, 0.25) is 0 Å². The molecule has 0 aliphatic heterocycles. The Labute approximate surface area is 95.8 Å². The van der Waals surface area contributed by atoms with Gasteiger partial charge in [0.1, 0.15) is 11.5 Å². The molecular weight excluding hydrogens is 224 g/mol. The van der Waals surface area contributed by atoms with Crippen LogP contribution in [0.25, 0.3) is 10.8 Å². The molecule has 16 heavy (non-hydrogen) atoms. The maximum absolute atomic E-state index is 11.3. The molecule has 0 heterocycles. The van der Waals surface area contributed by atoms with Crippen LogP contribution in [0.1, 0.15) is 5.56 Å². The molecule has 0 aromatic heterocycles. The quantitative estimate of drug-likeness (QED) is 0.798. The lowest BCUT2D eigenvalue weighted by atomic mass is 10.1. The molecule has 3 nitrogen and oxygen atoms in total. The number of fused-ring (bicyclic) bond motifs is 1. The summed E-state index contributed by atoms with van der Waals surface area (Å²) in [6.45, 7) is 1.65. The molecule has 0 bridgehead atoms. The van der Waals surface area contributed by atoms with Gasteiger partial charge < -0.3 is 10.2 Å². The molecule has 0 amide bonds. The van der Waals surface area contributed by atoms with Crippen molar-refractivity contribution in [2.24, 2.45) is 0 Å². The minimum atomic E-state index is -1.07. The van der Waals surface area contributed by atoms with E-state index in [-0.39, 0.29) is 11.5 Å². The zero-order valence-electron chi connectivity index (χ0n) is 9.02. The predicted molar refractivity (Wildman–Crippen MR) is 64.3 cm³/mol. The SMILES string of the molecule is Cc1c(O)cc2cc(S(C)=O)ccc2c1O. The van der Waals surface area contributed by atoms with Gasteiger partial charge in [0.05, 0.1) is 0 Å². The highest BCUT2D eigenvalue weighted by atomic mass is 32.2. The van der Waals surface area contributed by atoms with Crippen molar-refractivity contribution >= 4 is 21.6 Å². The minimum absolute atomic E-state index is 0.0454. The van der Waals surface area contributed by atoms with Crippen LogP contribution in [0, 0.1) is 6.92 Å². The summed E-state index contributed by atoms with van der Waals surface area (Å²) in [4.78, 5) is 0.676. The maximum atomic E-state index is 11.3. The highest BCUT2D eigenvalue weighted by Crippen LogP contribution is 2.35. The van der Waals surface area contributed by atoms with Crippen LogP contribution in [0.2, 0.25) is 0 Å². The lowest BCUT2D eigenvalue weighted by molar-refractivity contribution is 0.448. The first-order valence-electron chi connectivity index (χ1n) is 4.79. The first kappa shape index (κ1) is 11.0. The number of phenolic OH excluding ortho intramolecular Hbond substituents is 2. The van der Waals surface area contributed by atoms with E-state index in [0.29, 0.717) is 21.2 Å². The first-order valence-corrected chi connectivity index (χ1v) is 6.35. The predicted octanol–water partition coefficient (Wildman–Crippen LogP) is 2.30. The van der Waals surface area contributed by atoms with Gasteiger partial charge >= 0.3 is 0 Å². The highest BCUT2D eigenvalue weighted by Gasteiger charge is 2.09. The van der Waals surface area contributed by atoms with E-state index in [9.17, 15) is 14.4 Å². The standard InChI is InChI=1S/C12H12O3S/c1-7-11(13)6-8-5-9(16(2)15)3-4-10(8)12(7)14/h3-6,13-14H,1-2H3. The van der Waals surface area contributed by atoms with Crippen LogP contribution in [0.15, 0.2) is 29.2 Å². The monoisotopic (exact) mass is 236 g/mol. The Morgan fingerprint density at radius 1 is 1.19 bits per heavy atom. The van der Waals surface area contributed by atoms with Crippen LogP contribution in [-0.2, 0) is 10.8 Å². The smallest absolute Gasteiger partial charge is 0.129 e. The summed E-state index contributed by atoms with van der Waals surface area (Å²) in [6, 6.07) is 6.72. The van der Waals surface area contributed by atoms with Crippen LogP contribution in [0.5, 0.6) is 11.5 Å². The second-order valence-corrected chi connectivity index (χ2v) is 5.09. The molecule has 84 valence electrons. The van der Waals surface area contributed by atoms with Crippen molar-refractivity contribution in [2.75, 3.05) is 6.26 Å². The molecule has 0 fully saturated rings. The third-order valence-electron chi connectivity index (χ3n) is 2.64. The molecule has 1 atom stereocenters. The van der Waals surface area contributed by atoms with Crippen LogP contribution in [-0.4, -0.2) is 20.7 Å². The van der Waals surface area contributed by atoms with E-state index in [4.69, 9.17) is 0 Å². The zero-order valence-corrected chi connectivity index (χ0v) is 9.84. The Morgan fingerprint density at radius 2 is 1.88 bits per heavy atom. The topological polar surface area (TPSA) is 57.5 Å². The first-order chi connectivity index (χ1) is 7.50. The molecule has 0 aliphatic rings. The van der Waals surface area contributed by atoms with Crippen molar-refractivity contribution in [3.63, 3.8) is 0 Å². The number of hydrogen-bond acceptors (Lipinski definition) is 3. The lowest BCUT2D eigenvalue weighted by Gasteiger charge is -2.07. The summed E-state index contributed by atoms with van der Waals surface area (Å²) >= 11 is 0. The summed E-state index contributed by atoms with van der Waals surface area (Å²) in [6.07, 6.45) is 1.59. The molecule has 2 rings (SSSR count). The number of rotatable bonds is 1. The molecule has 4 heteroatoms. The second kappa shape index (κ2) is 3.79. The van der Waals surface area contributed by atoms with E-state index in [0.717, 1.165) is 0 Å². The van der Waals surface area contributed by atoms with Crippen LogP contribution in [0.4, 0.5) is 0 Å². The molecule has 2 N–H and O–H groups in total. The number of aromatic hydroxyl groups is 2. The molecule has 0 aliphatic carbocycles. The largest absolute Gasteiger partial charge is 0.508 e. The van der Waals surface area contributed by atoms with Gasteiger partial charge in [-0.2, -0.15) is 0 Å². The van der Waals surface area contributed by atoms with E-state index < -0.39 is 10.8 Å². The van der Waals surface area contributed by atoms with Crippen molar-refractivity contribution in [3.05, 3.63) is 29.8 Å². The van der Waals surface area contributed by atoms with Gasteiger partial charge in [-0.25, -0.2) is 0 Å². The van der Waals surface area contributed by atoms with Gasteiger partial charge in [-0.05, 0) is 36.6 Å². The Balaban J connectivity index is 2.81. The number of hydrogen-bond donors (Lipinski definition) is 2. The summed E-state index contributed by atoms with van der Waals surface area (Å²) in [5, 5.41) is 20.8. The van der Waals surface area contributed by atoms with Gasteiger partial charge in [0.15, 0.2) is 0 Å². The van der Waals surface area contributed by atoms with E-state index in [2.05, 4.69) is 0 Å². The Hall–Kier alpha value is -1.55. The van der Waals surface area contributed by atoms with Crippen LogP contribution >= 0.6 is 0 Å². The summed E-state index contributed by atoms with van der Waals surface area (Å²) < 4.78 is 11.3. The Kier molecular flexibility index (Phi) is 2.59.